The SMILES string of the molecule is CCS(=O)(=O)N1CCC[C@@H](C(=O)Nc2ccc(S(=O)(=O)N3CCN(C)CC3)cc2)C1. The molecular formula is C19H30N4O5S2. The Hall–Kier alpha value is -1.53. The quantitative estimate of drug-likeness (QED) is 0.670. The summed E-state index contributed by atoms with van der Waals surface area (Å²) in [5.41, 5.74) is 0.493. The van der Waals surface area contributed by atoms with Crippen LogP contribution in [0.25, 0.3) is 0 Å². The number of benzene rings is 1. The average Bonchev–Trinajstić information content (AvgIpc) is 2.74. The number of piperidine rings is 1. The summed E-state index contributed by atoms with van der Waals surface area (Å²) in [4.78, 5) is 14.9. The Morgan fingerprint density at radius 3 is 2.23 bits per heavy atom. The van der Waals surface area contributed by atoms with E-state index in [9.17, 15) is 21.6 Å². The zero-order valence-corrected chi connectivity index (χ0v) is 19.1. The van der Waals surface area contributed by atoms with Crippen molar-refractivity contribution in [3.63, 3.8) is 0 Å². The van der Waals surface area contributed by atoms with E-state index in [2.05, 4.69) is 10.2 Å². The summed E-state index contributed by atoms with van der Waals surface area (Å²) < 4.78 is 52.6. The average molecular weight is 459 g/mol. The van der Waals surface area contributed by atoms with E-state index in [1.165, 1.54) is 20.7 Å². The largest absolute Gasteiger partial charge is 0.326 e. The Balaban J connectivity index is 1.63. The van der Waals surface area contributed by atoms with Gasteiger partial charge in [-0.25, -0.2) is 21.1 Å². The number of hydrogen-bond acceptors (Lipinski definition) is 6. The Bertz CT molecular complexity index is 955. The Labute approximate surface area is 179 Å². The van der Waals surface area contributed by atoms with Gasteiger partial charge in [0, 0.05) is 45.0 Å². The van der Waals surface area contributed by atoms with Gasteiger partial charge in [0.05, 0.1) is 16.6 Å². The molecule has 30 heavy (non-hydrogen) atoms. The fourth-order valence-electron chi connectivity index (χ4n) is 3.72. The van der Waals surface area contributed by atoms with E-state index in [-0.39, 0.29) is 23.1 Å². The van der Waals surface area contributed by atoms with Crippen LogP contribution in [0, 0.1) is 5.92 Å². The lowest BCUT2D eigenvalue weighted by Crippen LogP contribution is -2.47. The van der Waals surface area contributed by atoms with Gasteiger partial charge in [-0.15, -0.1) is 0 Å². The zero-order valence-electron chi connectivity index (χ0n) is 17.5. The molecule has 2 aliphatic rings. The van der Waals surface area contributed by atoms with E-state index in [0.29, 0.717) is 51.3 Å². The van der Waals surface area contributed by atoms with Gasteiger partial charge in [-0.2, -0.15) is 4.31 Å². The number of amides is 1. The number of carbonyl (C=O) groups is 1. The predicted molar refractivity (Wildman–Crippen MR) is 115 cm³/mol. The van der Waals surface area contributed by atoms with Crippen LogP contribution in [0.1, 0.15) is 19.8 Å². The highest BCUT2D eigenvalue weighted by Crippen LogP contribution is 2.23. The van der Waals surface area contributed by atoms with Crippen molar-refractivity contribution in [3.05, 3.63) is 24.3 Å². The second-order valence-electron chi connectivity index (χ2n) is 7.82. The van der Waals surface area contributed by atoms with Gasteiger partial charge in [0.2, 0.25) is 26.0 Å². The van der Waals surface area contributed by atoms with Crippen molar-refractivity contribution in [2.75, 3.05) is 57.4 Å². The molecule has 11 heteroatoms. The predicted octanol–water partition coefficient (Wildman–Crippen LogP) is 0.623. The van der Waals surface area contributed by atoms with E-state index >= 15 is 0 Å². The van der Waals surface area contributed by atoms with E-state index in [1.54, 1.807) is 19.1 Å². The molecule has 1 atom stereocenters. The molecule has 2 saturated heterocycles. The van der Waals surface area contributed by atoms with Crippen LogP contribution in [0.15, 0.2) is 29.2 Å². The fraction of sp³-hybridized carbons (Fsp3) is 0.632. The molecule has 1 aromatic carbocycles. The molecule has 0 aliphatic carbocycles. The Morgan fingerprint density at radius 1 is 1.00 bits per heavy atom. The third-order valence-corrected chi connectivity index (χ3v) is 9.50. The van der Waals surface area contributed by atoms with Crippen molar-refractivity contribution in [1.29, 1.82) is 0 Å². The molecule has 0 aromatic heterocycles. The van der Waals surface area contributed by atoms with Gasteiger partial charge in [-0.3, -0.25) is 4.79 Å². The third kappa shape index (κ3) is 5.20. The lowest BCUT2D eigenvalue weighted by molar-refractivity contribution is -0.120. The van der Waals surface area contributed by atoms with Crippen LogP contribution >= 0.6 is 0 Å². The third-order valence-electron chi connectivity index (χ3n) is 5.73. The molecule has 3 rings (SSSR count). The molecule has 0 unspecified atom stereocenters. The van der Waals surface area contributed by atoms with Gasteiger partial charge in [0.1, 0.15) is 0 Å². The number of nitrogens with one attached hydrogen (secondary N) is 1. The number of likely N-dealkylation sites (N-methyl/N-ethyl adjacent to an activating group) is 1. The van der Waals surface area contributed by atoms with Crippen LogP contribution in [0.5, 0.6) is 0 Å². The molecule has 2 aliphatic heterocycles. The molecule has 1 amide bonds. The standard InChI is InChI=1S/C19H30N4O5S2/c1-3-29(25,26)23-10-4-5-16(15-23)19(24)20-17-6-8-18(9-7-17)30(27,28)22-13-11-21(2)12-14-22/h6-9,16H,3-5,10-15H2,1-2H3,(H,20,24)/t16-/m1/s1. The van der Waals surface area contributed by atoms with Crippen molar-refractivity contribution in [2.45, 2.75) is 24.7 Å². The maximum atomic E-state index is 12.8. The fourth-order valence-corrected chi connectivity index (χ4v) is 6.33. The van der Waals surface area contributed by atoms with Crippen LogP contribution in [-0.4, -0.2) is 88.3 Å². The molecule has 168 valence electrons. The van der Waals surface area contributed by atoms with E-state index in [4.69, 9.17) is 0 Å². The maximum absolute atomic E-state index is 12.8. The first kappa shape index (κ1) is 23.1. The topological polar surface area (TPSA) is 107 Å². The van der Waals surface area contributed by atoms with E-state index < -0.39 is 26.0 Å². The molecule has 0 bridgehead atoms. The highest BCUT2D eigenvalue weighted by molar-refractivity contribution is 7.89. The summed E-state index contributed by atoms with van der Waals surface area (Å²) in [6.07, 6.45) is 1.26. The first-order valence-electron chi connectivity index (χ1n) is 10.2. The molecular weight excluding hydrogens is 428 g/mol. The molecule has 2 heterocycles. The van der Waals surface area contributed by atoms with Crippen molar-refractivity contribution in [3.8, 4) is 0 Å². The molecule has 1 aromatic rings. The number of rotatable bonds is 6. The summed E-state index contributed by atoms with van der Waals surface area (Å²) in [5.74, 6) is -0.653. The van der Waals surface area contributed by atoms with E-state index in [0.717, 1.165) is 0 Å². The number of carbonyl (C=O) groups excluding carboxylic acids is 1. The first-order chi connectivity index (χ1) is 14.1. The van der Waals surface area contributed by atoms with Gasteiger partial charge in [-0.05, 0) is 51.1 Å². The monoisotopic (exact) mass is 458 g/mol. The van der Waals surface area contributed by atoms with Gasteiger partial charge in [0.25, 0.3) is 0 Å². The second-order valence-corrected chi connectivity index (χ2v) is 12.0. The number of piperazine rings is 1. The van der Waals surface area contributed by atoms with Gasteiger partial charge < -0.3 is 10.2 Å². The minimum absolute atomic E-state index is 0.0184. The van der Waals surface area contributed by atoms with Crippen molar-refractivity contribution >= 4 is 31.6 Å². The summed E-state index contributed by atoms with van der Waals surface area (Å²) in [7, 11) is -4.91. The van der Waals surface area contributed by atoms with Crippen LogP contribution in [0.4, 0.5) is 5.69 Å². The van der Waals surface area contributed by atoms with Gasteiger partial charge >= 0.3 is 0 Å². The molecule has 2 fully saturated rings. The smallest absolute Gasteiger partial charge is 0.243 e. The number of sulfonamides is 2. The minimum Gasteiger partial charge on any atom is -0.326 e. The molecule has 1 N–H and O–H groups in total. The Morgan fingerprint density at radius 2 is 1.63 bits per heavy atom. The molecule has 0 radical (unpaired) electrons. The number of nitrogens with zero attached hydrogens (tertiary/aromatic N) is 3. The zero-order chi connectivity index (χ0) is 21.9. The molecule has 0 spiro atoms. The highest BCUT2D eigenvalue weighted by Gasteiger charge is 2.32. The summed E-state index contributed by atoms with van der Waals surface area (Å²) in [6.45, 7) is 4.51. The maximum Gasteiger partial charge on any atom is 0.243 e. The minimum atomic E-state index is -3.56. The normalized spacial score (nSPS) is 22.7. The summed E-state index contributed by atoms with van der Waals surface area (Å²) in [5, 5.41) is 2.79. The van der Waals surface area contributed by atoms with Crippen LogP contribution in [-0.2, 0) is 24.8 Å². The number of anilines is 1. The van der Waals surface area contributed by atoms with Crippen molar-refractivity contribution in [1.82, 2.24) is 13.5 Å². The van der Waals surface area contributed by atoms with Crippen LogP contribution in [0.3, 0.4) is 0 Å². The van der Waals surface area contributed by atoms with Gasteiger partial charge in [0.15, 0.2) is 0 Å². The molecule has 0 saturated carbocycles. The second kappa shape index (κ2) is 9.31. The summed E-state index contributed by atoms with van der Waals surface area (Å²) >= 11 is 0. The highest BCUT2D eigenvalue weighted by atomic mass is 32.2. The van der Waals surface area contributed by atoms with Crippen LogP contribution < -0.4 is 5.32 Å². The lowest BCUT2D eigenvalue weighted by Gasteiger charge is -2.31. The lowest BCUT2D eigenvalue weighted by atomic mass is 9.99. The first-order valence-corrected chi connectivity index (χ1v) is 13.3. The van der Waals surface area contributed by atoms with E-state index in [1.807, 2.05) is 7.05 Å². The number of hydrogen-bond donors (Lipinski definition) is 1. The van der Waals surface area contributed by atoms with Crippen LogP contribution in [0.2, 0.25) is 0 Å². The molecule has 9 nitrogen and oxygen atoms in total. The van der Waals surface area contributed by atoms with Crippen molar-refractivity contribution < 1.29 is 21.6 Å². The Kier molecular flexibility index (Phi) is 7.18. The van der Waals surface area contributed by atoms with Gasteiger partial charge in [-0.1, -0.05) is 0 Å². The summed E-state index contributed by atoms with van der Waals surface area (Å²) in [6, 6.07) is 6.14. The van der Waals surface area contributed by atoms with Crippen molar-refractivity contribution in [2.24, 2.45) is 5.92 Å².